The molecule has 2 N–H and O–H groups in total. The first-order chi connectivity index (χ1) is 9.97. The molecule has 0 saturated heterocycles. The van der Waals surface area contributed by atoms with Gasteiger partial charge in [-0.05, 0) is 44.6 Å². The molecule has 1 aromatic rings. The second-order valence-electron chi connectivity index (χ2n) is 4.42. The zero-order valence-electron chi connectivity index (χ0n) is 13.5. The first-order valence-electron chi connectivity index (χ1n) is 7.04. The second kappa shape index (κ2) is 9.59. The molecule has 3 heteroatoms. The van der Waals surface area contributed by atoms with Gasteiger partial charge >= 0.3 is 5.97 Å². The molecule has 0 atom stereocenters. The number of anilines is 1. The number of nitrogens with one attached hydrogen (secondary N) is 1. The van der Waals surface area contributed by atoms with Crippen molar-refractivity contribution >= 4 is 11.7 Å². The summed E-state index contributed by atoms with van der Waals surface area (Å²) in [6.07, 6.45) is 3.51. The predicted octanol–water partition coefficient (Wildman–Crippen LogP) is 5.25. The molecule has 0 amide bonds. The molecule has 0 heterocycles. The van der Waals surface area contributed by atoms with Crippen LogP contribution in [0.4, 0.5) is 5.69 Å². The summed E-state index contributed by atoms with van der Waals surface area (Å²) < 4.78 is 0. The molecule has 0 aromatic heterocycles. The van der Waals surface area contributed by atoms with E-state index >= 15 is 0 Å². The van der Waals surface area contributed by atoms with Crippen molar-refractivity contribution in [2.24, 2.45) is 0 Å². The van der Waals surface area contributed by atoms with Crippen LogP contribution in [0.2, 0.25) is 0 Å². The summed E-state index contributed by atoms with van der Waals surface area (Å²) in [6.45, 7) is 13.7. The van der Waals surface area contributed by atoms with Gasteiger partial charge in [-0.3, -0.25) is 0 Å². The van der Waals surface area contributed by atoms with Crippen LogP contribution in [0.1, 0.15) is 45.0 Å². The lowest BCUT2D eigenvalue weighted by molar-refractivity contribution is 0.0698. The lowest BCUT2D eigenvalue weighted by Crippen LogP contribution is -2.07. The maximum atomic E-state index is 11.2. The topological polar surface area (TPSA) is 49.3 Å². The third kappa shape index (κ3) is 5.69. The van der Waals surface area contributed by atoms with Gasteiger partial charge in [0, 0.05) is 5.70 Å². The van der Waals surface area contributed by atoms with Crippen molar-refractivity contribution in [2.45, 2.75) is 34.6 Å². The lowest BCUT2D eigenvalue weighted by atomic mass is 10.1. The summed E-state index contributed by atoms with van der Waals surface area (Å²) in [5.41, 5.74) is 3.90. The van der Waals surface area contributed by atoms with Crippen molar-refractivity contribution in [2.75, 3.05) is 5.32 Å². The Morgan fingerprint density at radius 1 is 1.19 bits per heavy atom. The summed E-state index contributed by atoms with van der Waals surface area (Å²) in [5, 5.41) is 12.3. The summed E-state index contributed by atoms with van der Waals surface area (Å²) >= 11 is 0. The van der Waals surface area contributed by atoms with Crippen LogP contribution in [-0.4, -0.2) is 11.1 Å². The SMILES string of the molecule is C=C/C=C(/Nc1ccccc1C(=O)O)C(C)=C(C)C.CC. The first-order valence-corrected chi connectivity index (χ1v) is 7.04. The number of carbonyl (C=O) groups is 1. The molecule has 0 saturated carbocycles. The minimum Gasteiger partial charge on any atom is -0.478 e. The number of rotatable bonds is 5. The van der Waals surface area contributed by atoms with Crippen molar-refractivity contribution in [1.29, 1.82) is 0 Å². The van der Waals surface area contributed by atoms with Gasteiger partial charge in [-0.1, -0.05) is 44.2 Å². The molecular formula is C18H25NO2. The number of hydrogen-bond acceptors (Lipinski definition) is 2. The van der Waals surface area contributed by atoms with Gasteiger partial charge < -0.3 is 10.4 Å². The molecule has 0 radical (unpaired) electrons. The Morgan fingerprint density at radius 3 is 2.24 bits per heavy atom. The maximum absolute atomic E-state index is 11.2. The van der Waals surface area contributed by atoms with E-state index in [2.05, 4.69) is 11.9 Å². The highest BCUT2D eigenvalue weighted by atomic mass is 16.4. The molecule has 0 spiro atoms. The molecule has 0 unspecified atom stereocenters. The molecule has 114 valence electrons. The van der Waals surface area contributed by atoms with Crippen LogP contribution in [-0.2, 0) is 0 Å². The average molecular weight is 287 g/mol. The number of benzene rings is 1. The molecule has 0 aliphatic heterocycles. The van der Waals surface area contributed by atoms with Crippen LogP contribution in [0, 0.1) is 0 Å². The summed E-state index contributed by atoms with van der Waals surface area (Å²) in [4.78, 5) is 11.2. The van der Waals surface area contributed by atoms with E-state index in [9.17, 15) is 4.79 Å². The van der Waals surface area contributed by atoms with Crippen molar-refractivity contribution < 1.29 is 9.90 Å². The second-order valence-corrected chi connectivity index (χ2v) is 4.42. The Morgan fingerprint density at radius 2 is 1.76 bits per heavy atom. The van der Waals surface area contributed by atoms with Gasteiger partial charge in [-0.25, -0.2) is 4.79 Å². The number of aromatic carboxylic acids is 1. The van der Waals surface area contributed by atoms with Gasteiger partial charge in [-0.2, -0.15) is 0 Å². The van der Waals surface area contributed by atoms with Crippen LogP contribution in [0.25, 0.3) is 0 Å². The van der Waals surface area contributed by atoms with Gasteiger partial charge in [0.25, 0.3) is 0 Å². The first kappa shape index (κ1) is 18.7. The fraction of sp³-hybridized carbons (Fsp3) is 0.278. The number of allylic oxidation sites excluding steroid dienone is 4. The standard InChI is InChI=1S/C16H19NO2.C2H6/c1-5-8-14(12(4)11(2)3)17-15-10-7-6-9-13(15)16(18)19;1-2/h5-10,17H,1H2,2-4H3,(H,18,19);1-2H3/b14-8+;. The Labute approximate surface area is 127 Å². The molecule has 21 heavy (non-hydrogen) atoms. The van der Waals surface area contributed by atoms with Crippen molar-refractivity contribution in [3.05, 3.63) is 65.4 Å². The van der Waals surface area contributed by atoms with Crippen molar-refractivity contribution in [3.8, 4) is 0 Å². The Bertz CT molecular complexity index is 550. The third-order valence-electron chi connectivity index (χ3n) is 2.87. The summed E-state index contributed by atoms with van der Waals surface area (Å²) in [5.74, 6) is -0.948. The van der Waals surface area contributed by atoms with E-state index in [-0.39, 0.29) is 5.56 Å². The number of carboxylic acid groups (broad SMARTS) is 1. The monoisotopic (exact) mass is 287 g/mol. The van der Waals surface area contributed by atoms with Crippen molar-refractivity contribution in [3.63, 3.8) is 0 Å². The average Bonchev–Trinajstić information content (AvgIpc) is 2.48. The molecule has 1 aromatic carbocycles. The van der Waals surface area contributed by atoms with E-state index < -0.39 is 5.97 Å². The lowest BCUT2D eigenvalue weighted by Gasteiger charge is -2.14. The van der Waals surface area contributed by atoms with E-state index in [1.54, 1.807) is 30.3 Å². The fourth-order valence-corrected chi connectivity index (χ4v) is 1.57. The number of carboxylic acids is 1. The van der Waals surface area contributed by atoms with Crippen LogP contribution >= 0.6 is 0 Å². The minimum atomic E-state index is -0.948. The molecular weight excluding hydrogens is 262 g/mol. The van der Waals surface area contributed by atoms with Crippen LogP contribution in [0.5, 0.6) is 0 Å². The Balaban J connectivity index is 0.00000191. The van der Waals surface area contributed by atoms with E-state index in [1.165, 1.54) is 0 Å². The highest BCUT2D eigenvalue weighted by Crippen LogP contribution is 2.21. The van der Waals surface area contributed by atoms with E-state index in [1.807, 2.05) is 40.7 Å². The largest absolute Gasteiger partial charge is 0.478 e. The van der Waals surface area contributed by atoms with E-state index in [0.717, 1.165) is 16.8 Å². The van der Waals surface area contributed by atoms with Gasteiger partial charge in [0.2, 0.25) is 0 Å². The molecule has 0 aliphatic carbocycles. The maximum Gasteiger partial charge on any atom is 0.337 e. The molecule has 0 fully saturated rings. The molecule has 0 aliphatic rings. The third-order valence-corrected chi connectivity index (χ3v) is 2.87. The molecule has 0 bridgehead atoms. The van der Waals surface area contributed by atoms with Crippen LogP contribution < -0.4 is 5.32 Å². The zero-order chi connectivity index (χ0) is 16.4. The highest BCUT2D eigenvalue weighted by Gasteiger charge is 2.10. The highest BCUT2D eigenvalue weighted by molar-refractivity contribution is 5.94. The Kier molecular flexibility index (Phi) is 8.54. The number of hydrogen-bond donors (Lipinski definition) is 2. The normalized spacial score (nSPS) is 10.0. The molecule has 3 nitrogen and oxygen atoms in total. The van der Waals surface area contributed by atoms with Crippen molar-refractivity contribution in [1.82, 2.24) is 0 Å². The van der Waals surface area contributed by atoms with Gasteiger partial charge in [-0.15, -0.1) is 0 Å². The smallest absolute Gasteiger partial charge is 0.337 e. The zero-order valence-corrected chi connectivity index (χ0v) is 13.5. The summed E-state index contributed by atoms with van der Waals surface area (Å²) in [7, 11) is 0. The van der Waals surface area contributed by atoms with Crippen LogP contribution in [0.3, 0.4) is 0 Å². The van der Waals surface area contributed by atoms with Gasteiger partial charge in [0.05, 0.1) is 11.3 Å². The summed E-state index contributed by atoms with van der Waals surface area (Å²) in [6, 6.07) is 6.84. The minimum absolute atomic E-state index is 0.249. The fourth-order valence-electron chi connectivity index (χ4n) is 1.57. The molecule has 1 rings (SSSR count). The van der Waals surface area contributed by atoms with Gasteiger partial charge in [0.1, 0.15) is 0 Å². The Hall–Kier alpha value is -2.29. The van der Waals surface area contributed by atoms with Crippen LogP contribution in [0.15, 0.2) is 59.8 Å². The van der Waals surface area contributed by atoms with E-state index in [4.69, 9.17) is 5.11 Å². The van der Waals surface area contributed by atoms with E-state index in [0.29, 0.717) is 5.69 Å². The quantitative estimate of drug-likeness (QED) is 0.727. The van der Waals surface area contributed by atoms with Gasteiger partial charge in [0.15, 0.2) is 0 Å². The predicted molar refractivity (Wildman–Crippen MR) is 90.7 cm³/mol. The number of para-hydroxylation sites is 1.